The van der Waals surface area contributed by atoms with Gasteiger partial charge in [-0.05, 0) is 17.9 Å². The number of ketones is 1. The minimum atomic E-state index is -1.57. The summed E-state index contributed by atoms with van der Waals surface area (Å²) < 4.78 is 0. The second kappa shape index (κ2) is 17.1. The minimum Gasteiger partial charge on any atom is -0.481 e. The van der Waals surface area contributed by atoms with Gasteiger partial charge in [-0.25, -0.2) is 0 Å². The van der Waals surface area contributed by atoms with Crippen LogP contribution in [-0.2, 0) is 44.8 Å². The van der Waals surface area contributed by atoms with Crippen molar-refractivity contribution in [2.75, 3.05) is 0 Å². The van der Waals surface area contributed by atoms with E-state index in [0.29, 0.717) is 5.56 Å². The van der Waals surface area contributed by atoms with Crippen LogP contribution < -0.4 is 21.3 Å². The molecule has 0 unspecified atom stereocenters. The summed E-state index contributed by atoms with van der Waals surface area (Å²) in [5, 5.41) is 36.6. The molecule has 4 atom stereocenters. The zero-order valence-corrected chi connectivity index (χ0v) is 23.4. The fraction of sp³-hybridized carbons (Fsp3) is 0.481. The molecule has 1 aromatic carbocycles. The Morgan fingerprint density at radius 1 is 0.667 bits per heavy atom. The largest absolute Gasteiger partial charge is 0.481 e. The summed E-state index contributed by atoms with van der Waals surface area (Å²) in [5.74, 6) is -8.97. The smallest absolute Gasteiger partial charge is 0.305 e. The van der Waals surface area contributed by atoms with Crippen LogP contribution in [0.3, 0.4) is 0 Å². The molecule has 0 radical (unpaired) electrons. The number of aliphatic carboxylic acids is 3. The predicted octanol–water partition coefficient (Wildman–Crippen LogP) is -0.772. The topological polar surface area (TPSA) is 245 Å². The molecule has 0 saturated heterocycles. The molecular formula is C27H36N4O11. The summed E-state index contributed by atoms with van der Waals surface area (Å²) in [7, 11) is 0. The summed E-state index contributed by atoms with van der Waals surface area (Å²) in [5.41, 5.74) is 0.596. The third kappa shape index (κ3) is 13.0. The number of hydrogen-bond acceptors (Lipinski definition) is 8. The molecule has 0 saturated carbocycles. The van der Waals surface area contributed by atoms with E-state index < -0.39 is 103 Å². The number of rotatable bonds is 18. The van der Waals surface area contributed by atoms with Gasteiger partial charge >= 0.3 is 17.9 Å². The fourth-order valence-electron chi connectivity index (χ4n) is 3.83. The number of benzene rings is 1. The number of Topliss-reactive ketones (excluding diaryl/α,β-unsaturated/α-hetero) is 1. The van der Waals surface area contributed by atoms with Crippen molar-refractivity contribution in [3.05, 3.63) is 35.9 Å². The number of nitrogens with one attached hydrogen (secondary N) is 4. The maximum atomic E-state index is 13.2. The highest BCUT2D eigenvalue weighted by Crippen LogP contribution is 2.09. The summed E-state index contributed by atoms with van der Waals surface area (Å²) in [6.07, 6.45) is -2.74. The van der Waals surface area contributed by atoms with Crippen molar-refractivity contribution in [3.63, 3.8) is 0 Å². The van der Waals surface area contributed by atoms with Crippen molar-refractivity contribution >= 4 is 47.3 Å². The first-order chi connectivity index (χ1) is 19.6. The number of carbonyl (C=O) groups excluding carboxylic acids is 5. The van der Waals surface area contributed by atoms with Gasteiger partial charge < -0.3 is 36.6 Å². The first-order valence-corrected chi connectivity index (χ1v) is 13.0. The van der Waals surface area contributed by atoms with Gasteiger partial charge in [0.1, 0.15) is 18.1 Å². The van der Waals surface area contributed by atoms with Crippen molar-refractivity contribution in [2.45, 2.75) is 77.0 Å². The van der Waals surface area contributed by atoms with Crippen molar-refractivity contribution in [2.24, 2.45) is 5.92 Å². The lowest BCUT2D eigenvalue weighted by molar-refractivity contribution is -0.142. The van der Waals surface area contributed by atoms with Crippen LogP contribution in [0.1, 0.15) is 52.0 Å². The van der Waals surface area contributed by atoms with E-state index >= 15 is 0 Å². The zero-order valence-electron chi connectivity index (χ0n) is 23.4. The molecule has 0 heterocycles. The van der Waals surface area contributed by atoms with Crippen LogP contribution in [0.25, 0.3) is 0 Å². The van der Waals surface area contributed by atoms with E-state index in [1.807, 2.05) is 0 Å². The van der Waals surface area contributed by atoms with E-state index in [0.717, 1.165) is 6.92 Å². The lowest BCUT2D eigenvalue weighted by Gasteiger charge is -2.27. The standard InChI is InChI=1S/C27H36N4O11/c1-14(2)24(27(42)30-18(12-22(36)37)20(33)11-16-7-5-4-6-8-16)31-25(40)17(9-10-21(34)35)29-26(41)19(13-23(38)39)28-15(3)32/h4-8,14,17-19,24H,9-13H2,1-3H3,(H,28,32)(H,29,41)(H,30,42)(H,31,40)(H,34,35)(H,36,37)(H,38,39)/t17-,18-,19-,24-/m0/s1. The average molecular weight is 593 g/mol. The van der Waals surface area contributed by atoms with Gasteiger partial charge in [0.25, 0.3) is 0 Å². The van der Waals surface area contributed by atoms with Crippen molar-refractivity contribution in [1.82, 2.24) is 21.3 Å². The molecule has 230 valence electrons. The number of carboxylic acid groups (broad SMARTS) is 3. The SMILES string of the molecule is CC(=O)N[C@@H](CC(=O)O)C(=O)N[C@@H](CCC(=O)O)C(=O)N[C@H](C(=O)N[C@@H](CC(=O)O)C(=O)Cc1ccccc1)C(C)C. The molecule has 0 bridgehead atoms. The van der Waals surface area contributed by atoms with E-state index in [1.165, 1.54) is 0 Å². The number of amides is 4. The molecule has 15 heteroatoms. The van der Waals surface area contributed by atoms with Crippen molar-refractivity contribution < 1.29 is 53.7 Å². The zero-order chi connectivity index (χ0) is 32.0. The highest BCUT2D eigenvalue weighted by Gasteiger charge is 2.33. The Bertz CT molecular complexity index is 1150. The summed E-state index contributed by atoms with van der Waals surface area (Å²) in [4.78, 5) is 97.0. The van der Waals surface area contributed by atoms with Gasteiger partial charge in [-0.3, -0.25) is 38.4 Å². The second-order valence-corrected chi connectivity index (χ2v) is 9.86. The average Bonchev–Trinajstić information content (AvgIpc) is 2.87. The van der Waals surface area contributed by atoms with Crippen LogP contribution in [0.2, 0.25) is 0 Å². The molecule has 0 aromatic heterocycles. The van der Waals surface area contributed by atoms with Crippen LogP contribution in [0.4, 0.5) is 0 Å². The monoisotopic (exact) mass is 592 g/mol. The van der Waals surface area contributed by atoms with Gasteiger partial charge in [0.05, 0.1) is 18.9 Å². The molecule has 0 spiro atoms. The normalized spacial score (nSPS) is 13.5. The lowest BCUT2D eigenvalue weighted by Crippen LogP contribution is -2.59. The summed E-state index contributed by atoms with van der Waals surface area (Å²) in [6, 6.07) is 2.55. The quantitative estimate of drug-likeness (QED) is 0.111. The summed E-state index contributed by atoms with van der Waals surface area (Å²) >= 11 is 0. The first kappa shape index (κ1) is 35.2. The van der Waals surface area contributed by atoms with Gasteiger partial charge in [0.2, 0.25) is 23.6 Å². The Labute approximate surface area is 241 Å². The number of carbonyl (C=O) groups is 8. The minimum absolute atomic E-state index is 0.160. The van der Waals surface area contributed by atoms with Crippen LogP contribution >= 0.6 is 0 Å². The molecule has 0 aliphatic carbocycles. The molecule has 1 rings (SSSR count). The Kier molecular flexibility index (Phi) is 14.3. The third-order valence-corrected chi connectivity index (χ3v) is 5.90. The molecule has 0 aliphatic rings. The van der Waals surface area contributed by atoms with Gasteiger partial charge in [0, 0.05) is 19.8 Å². The van der Waals surface area contributed by atoms with E-state index in [4.69, 9.17) is 10.2 Å². The fourth-order valence-corrected chi connectivity index (χ4v) is 3.83. The van der Waals surface area contributed by atoms with E-state index in [2.05, 4.69) is 21.3 Å². The molecule has 7 N–H and O–H groups in total. The Balaban J connectivity index is 3.13. The molecule has 15 nitrogen and oxygen atoms in total. The van der Waals surface area contributed by atoms with Crippen molar-refractivity contribution in [3.8, 4) is 0 Å². The highest BCUT2D eigenvalue weighted by molar-refractivity contribution is 5.97. The molecular weight excluding hydrogens is 556 g/mol. The van der Waals surface area contributed by atoms with Crippen LogP contribution in [-0.4, -0.2) is 86.8 Å². The Hall–Kier alpha value is -4.82. The van der Waals surface area contributed by atoms with E-state index in [9.17, 15) is 43.5 Å². The number of carboxylic acids is 3. The predicted molar refractivity (Wildman–Crippen MR) is 145 cm³/mol. The lowest BCUT2D eigenvalue weighted by atomic mass is 9.98. The molecule has 42 heavy (non-hydrogen) atoms. The van der Waals surface area contributed by atoms with Gasteiger partial charge in [0.15, 0.2) is 5.78 Å². The van der Waals surface area contributed by atoms with Gasteiger partial charge in [-0.1, -0.05) is 44.2 Å². The van der Waals surface area contributed by atoms with E-state index in [1.54, 1.807) is 44.2 Å². The van der Waals surface area contributed by atoms with E-state index in [-0.39, 0.29) is 6.42 Å². The second-order valence-electron chi connectivity index (χ2n) is 9.86. The summed E-state index contributed by atoms with van der Waals surface area (Å²) in [6.45, 7) is 4.14. The third-order valence-electron chi connectivity index (χ3n) is 5.90. The van der Waals surface area contributed by atoms with Crippen LogP contribution in [0, 0.1) is 5.92 Å². The molecule has 4 amide bonds. The van der Waals surface area contributed by atoms with Crippen LogP contribution in [0.15, 0.2) is 30.3 Å². The molecule has 0 aliphatic heterocycles. The maximum absolute atomic E-state index is 13.2. The van der Waals surface area contributed by atoms with Gasteiger partial charge in [-0.2, -0.15) is 0 Å². The van der Waals surface area contributed by atoms with Crippen molar-refractivity contribution in [1.29, 1.82) is 0 Å². The Morgan fingerprint density at radius 2 is 1.19 bits per heavy atom. The maximum Gasteiger partial charge on any atom is 0.305 e. The first-order valence-electron chi connectivity index (χ1n) is 13.0. The van der Waals surface area contributed by atoms with Crippen LogP contribution in [0.5, 0.6) is 0 Å². The molecule has 0 fully saturated rings. The number of hydrogen-bond donors (Lipinski definition) is 7. The van der Waals surface area contributed by atoms with Gasteiger partial charge in [-0.15, -0.1) is 0 Å². The Morgan fingerprint density at radius 3 is 1.69 bits per heavy atom. The molecule has 1 aromatic rings. The highest BCUT2D eigenvalue weighted by atomic mass is 16.4.